The van der Waals surface area contributed by atoms with Crippen LogP contribution in [-0.2, 0) is 14.3 Å². The average molecular weight is 266 g/mol. The minimum absolute atomic E-state index is 0.271. The second kappa shape index (κ2) is 6.72. The molecule has 0 aromatic carbocycles. The van der Waals surface area contributed by atoms with Crippen LogP contribution in [0.15, 0.2) is 18.3 Å². The maximum absolute atomic E-state index is 11.5. The third-order valence-corrected chi connectivity index (χ3v) is 2.17. The largest absolute Gasteiger partial charge is 0.425 e. The highest BCUT2D eigenvalue weighted by Crippen LogP contribution is 2.07. The molecule has 1 heterocycles. The molecular formula is C13H18N2O4. The van der Waals surface area contributed by atoms with Gasteiger partial charge in [-0.3, -0.25) is 10.1 Å². The van der Waals surface area contributed by atoms with Gasteiger partial charge in [0.1, 0.15) is 5.82 Å². The highest BCUT2D eigenvalue weighted by Gasteiger charge is 2.16. The molecule has 19 heavy (non-hydrogen) atoms. The number of esters is 1. The Morgan fingerprint density at radius 1 is 1.26 bits per heavy atom. The van der Waals surface area contributed by atoms with Crippen molar-refractivity contribution in [2.45, 2.75) is 34.0 Å². The van der Waals surface area contributed by atoms with Crippen molar-refractivity contribution in [1.82, 2.24) is 4.98 Å². The molecule has 0 aliphatic heterocycles. The summed E-state index contributed by atoms with van der Waals surface area (Å²) in [5.74, 6) is -0.311. The summed E-state index contributed by atoms with van der Waals surface area (Å²) in [7, 11) is 0. The van der Waals surface area contributed by atoms with Crippen LogP contribution in [-0.4, -0.2) is 23.3 Å². The van der Waals surface area contributed by atoms with Crippen molar-refractivity contribution in [2.75, 3.05) is 5.32 Å². The fraction of sp³-hybridized carbons (Fsp3) is 0.462. The summed E-state index contributed by atoms with van der Waals surface area (Å²) in [6, 6.07) is 3.51. The monoisotopic (exact) mass is 266 g/mol. The molecule has 0 aliphatic carbocycles. The standard InChI is InChI=1S/C13H18N2O4/c1-8(2)12(16)18-10(4)19-13(17)15-11-7-9(3)5-6-14-11/h5-8,10H,1-4H3,(H,14,15,17). The molecule has 1 unspecified atom stereocenters. The summed E-state index contributed by atoms with van der Waals surface area (Å²) in [6.07, 6.45) is -0.0884. The summed E-state index contributed by atoms with van der Waals surface area (Å²) < 4.78 is 9.78. The molecule has 1 rings (SSSR count). The van der Waals surface area contributed by atoms with Crippen LogP contribution < -0.4 is 5.32 Å². The van der Waals surface area contributed by atoms with Crippen molar-refractivity contribution in [2.24, 2.45) is 5.92 Å². The number of nitrogens with zero attached hydrogens (tertiary/aromatic N) is 1. The van der Waals surface area contributed by atoms with Gasteiger partial charge in [0.15, 0.2) is 0 Å². The van der Waals surface area contributed by atoms with E-state index in [2.05, 4.69) is 10.3 Å². The number of anilines is 1. The zero-order valence-corrected chi connectivity index (χ0v) is 11.5. The molecule has 1 aromatic heterocycles. The second-order valence-electron chi connectivity index (χ2n) is 4.41. The second-order valence-corrected chi connectivity index (χ2v) is 4.41. The van der Waals surface area contributed by atoms with Gasteiger partial charge >= 0.3 is 12.1 Å². The highest BCUT2D eigenvalue weighted by atomic mass is 16.7. The first kappa shape index (κ1) is 14.9. The van der Waals surface area contributed by atoms with Crippen LogP contribution in [0.1, 0.15) is 26.3 Å². The number of carbonyl (C=O) groups excluding carboxylic acids is 2. The van der Waals surface area contributed by atoms with E-state index in [0.717, 1.165) is 5.56 Å². The number of aromatic nitrogens is 1. The SMILES string of the molecule is Cc1ccnc(NC(=O)OC(C)OC(=O)C(C)C)c1. The Kier molecular flexibility index (Phi) is 5.29. The number of amides is 1. The lowest BCUT2D eigenvalue weighted by Crippen LogP contribution is -2.26. The smallest absolute Gasteiger partial charge is 0.415 e. The molecule has 0 saturated heterocycles. The van der Waals surface area contributed by atoms with E-state index in [1.165, 1.54) is 6.92 Å². The maximum atomic E-state index is 11.5. The van der Waals surface area contributed by atoms with Gasteiger partial charge < -0.3 is 9.47 Å². The summed E-state index contributed by atoms with van der Waals surface area (Å²) in [5.41, 5.74) is 0.963. The van der Waals surface area contributed by atoms with Crippen molar-refractivity contribution in [1.29, 1.82) is 0 Å². The molecule has 104 valence electrons. The van der Waals surface area contributed by atoms with E-state index < -0.39 is 18.4 Å². The van der Waals surface area contributed by atoms with Gasteiger partial charge in [0.25, 0.3) is 0 Å². The number of nitrogens with one attached hydrogen (secondary N) is 1. The molecular weight excluding hydrogens is 248 g/mol. The van der Waals surface area contributed by atoms with Crippen molar-refractivity contribution in [3.8, 4) is 0 Å². The summed E-state index contributed by atoms with van der Waals surface area (Å²) >= 11 is 0. The molecule has 0 spiro atoms. The minimum Gasteiger partial charge on any atom is -0.425 e. The zero-order chi connectivity index (χ0) is 14.4. The predicted molar refractivity (Wildman–Crippen MR) is 69.5 cm³/mol. The van der Waals surface area contributed by atoms with Gasteiger partial charge in [0.05, 0.1) is 5.92 Å². The molecule has 0 bridgehead atoms. The Morgan fingerprint density at radius 3 is 2.53 bits per heavy atom. The molecule has 0 aliphatic rings. The highest BCUT2D eigenvalue weighted by molar-refractivity contribution is 5.83. The third-order valence-electron chi connectivity index (χ3n) is 2.17. The number of hydrogen-bond donors (Lipinski definition) is 1. The molecule has 0 radical (unpaired) electrons. The quantitative estimate of drug-likeness (QED) is 0.669. The van der Waals surface area contributed by atoms with Crippen LogP contribution in [0, 0.1) is 12.8 Å². The van der Waals surface area contributed by atoms with Gasteiger partial charge in [0, 0.05) is 13.1 Å². The van der Waals surface area contributed by atoms with Crippen molar-refractivity contribution < 1.29 is 19.1 Å². The average Bonchev–Trinajstić information content (AvgIpc) is 2.27. The lowest BCUT2D eigenvalue weighted by atomic mass is 10.2. The van der Waals surface area contributed by atoms with Crippen LogP contribution in [0.3, 0.4) is 0 Å². The van der Waals surface area contributed by atoms with Gasteiger partial charge in [-0.1, -0.05) is 13.8 Å². The van der Waals surface area contributed by atoms with Gasteiger partial charge in [-0.05, 0) is 24.6 Å². The molecule has 1 amide bonds. The predicted octanol–water partition coefficient (Wildman–Crippen LogP) is 2.48. The van der Waals surface area contributed by atoms with Gasteiger partial charge in [-0.25, -0.2) is 9.78 Å². The fourth-order valence-corrected chi connectivity index (χ4v) is 1.21. The first-order chi connectivity index (χ1) is 8.88. The lowest BCUT2D eigenvalue weighted by Gasteiger charge is -2.15. The summed E-state index contributed by atoms with van der Waals surface area (Å²) in [4.78, 5) is 26.8. The van der Waals surface area contributed by atoms with Crippen LogP contribution in [0.5, 0.6) is 0 Å². The number of rotatable bonds is 4. The van der Waals surface area contributed by atoms with Crippen LogP contribution in [0.25, 0.3) is 0 Å². The van der Waals surface area contributed by atoms with Gasteiger partial charge in [-0.15, -0.1) is 0 Å². The molecule has 0 saturated carbocycles. The third kappa shape index (κ3) is 5.37. The topological polar surface area (TPSA) is 77.5 Å². The van der Waals surface area contributed by atoms with Crippen molar-refractivity contribution in [3.63, 3.8) is 0 Å². The molecule has 1 N–H and O–H groups in total. The fourth-order valence-electron chi connectivity index (χ4n) is 1.21. The Morgan fingerprint density at radius 2 is 1.95 bits per heavy atom. The zero-order valence-electron chi connectivity index (χ0n) is 11.5. The maximum Gasteiger partial charge on any atom is 0.415 e. The lowest BCUT2D eigenvalue weighted by molar-refractivity contribution is -0.168. The van der Waals surface area contributed by atoms with Gasteiger partial charge in [0.2, 0.25) is 6.29 Å². The van der Waals surface area contributed by atoms with E-state index in [1.807, 2.05) is 13.0 Å². The van der Waals surface area contributed by atoms with Crippen LogP contribution in [0.2, 0.25) is 0 Å². The first-order valence-electron chi connectivity index (χ1n) is 5.99. The summed E-state index contributed by atoms with van der Waals surface area (Å²) in [5, 5.41) is 2.45. The number of carbonyl (C=O) groups is 2. The van der Waals surface area contributed by atoms with E-state index in [1.54, 1.807) is 26.1 Å². The number of ether oxygens (including phenoxy) is 2. The Labute approximate surface area is 112 Å². The minimum atomic E-state index is -0.945. The van der Waals surface area contributed by atoms with E-state index in [4.69, 9.17) is 9.47 Å². The molecule has 1 aromatic rings. The Bertz CT molecular complexity index is 460. The Balaban J connectivity index is 2.45. The van der Waals surface area contributed by atoms with Crippen molar-refractivity contribution >= 4 is 17.9 Å². The van der Waals surface area contributed by atoms with E-state index in [9.17, 15) is 9.59 Å². The summed E-state index contributed by atoms with van der Waals surface area (Å²) in [6.45, 7) is 6.76. The van der Waals surface area contributed by atoms with Gasteiger partial charge in [-0.2, -0.15) is 0 Å². The molecule has 0 fully saturated rings. The number of hydrogen-bond acceptors (Lipinski definition) is 5. The normalized spacial score (nSPS) is 11.8. The van der Waals surface area contributed by atoms with Crippen LogP contribution >= 0.6 is 0 Å². The first-order valence-corrected chi connectivity index (χ1v) is 5.99. The van der Waals surface area contributed by atoms with E-state index >= 15 is 0 Å². The number of aryl methyl sites for hydroxylation is 1. The van der Waals surface area contributed by atoms with Crippen LogP contribution in [0.4, 0.5) is 10.6 Å². The molecule has 6 heteroatoms. The Hall–Kier alpha value is -2.11. The van der Waals surface area contributed by atoms with E-state index in [-0.39, 0.29) is 5.92 Å². The molecule has 1 atom stereocenters. The number of pyridine rings is 1. The van der Waals surface area contributed by atoms with Crippen molar-refractivity contribution in [3.05, 3.63) is 23.9 Å². The molecule has 6 nitrogen and oxygen atoms in total. The van der Waals surface area contributed by atoms with E-state index in [0.29, 0.717) is 5.82 Å².